The molecule has 6 rings (SSSR count). The highest BCUT2D eigenvalue weighted by molar-refractivity contribution is 6.39. The van der Waals surface area contributed by atoms with E-state index in [-0.39, 0.29) is 17.5 Å². The van der Waals surface area contributed by atoms with Crippen molar-refractivity contribution in [1.82, 2.24) is 40.1 Å². The molecule has 4 aromatic heterocycles. The number of fused-ring (bicyclic) bond motifs is 1. The summed E-state index contributed by atoms with van der Waals surface area (Å²) in [4.78, 5) is 34.0. The summed E-state index contributed by atoms with van der Waals surface area (Å²) in [7, 11) is 3.24. The summed E-state index contributed by atoms with van der Waals surface area (Å²) in [6, 6.07) is 13.2. The summed E-state index contributed by atoms with van der Waals surface area (Å²) in [5.41, 5.74) is 4.83. The maximum Gasteiger partial charge on any atom is 0.277 e. The van der Waals surface area contributed by atoms with Crippen molar-refractivity contribution in [3.05, 3.63) is 86.6 Å². The van der Waals surface area contributed by atoms with Gasteiger partial charge in [0.1, 0.15) is 11.3 Å². The number of carbonyl (C=O) groups is 1. The van der Waals surface area contributed by atoms with Crippen LogP contribution in [0.1, 0.15) is 31.2 Å². The maximum atomic E-state index is 13.2. The van der Waals surface area contributed by atoms with Crippen LogP contribution in [0.2, 0.25) is 10.0 Å². The SMILES string of the molecule is COc1nc(-c2cccc(-c3ccnc(-c4cc5c(=O)n(C)c(CNCC(C)O)nn5c4)c3Cl)c2Cl)ccc1CNC[C@H]1CCC(=O)N1. The number of aromatic nitrogens is 5. The zero-order chi connectivity index (χ0) is 33.9. The van der Waals surface area contributed by atoms with Gasteiger partial charge in [0.25, 0.3) is 5.56 Å². The second-order valence-corrected chi connectivity index (χ2v) is 12.6. The highest BCUT2D eigenvalue weighted by Gasteiger charge is 2.21. The Morgan fingerprint density at radius 2 is 1.88 bits per heavy atom. The second kappa shape index (κ2) is 14.4. The Morgan fingerprint density at radius 3 is 2.62 bits per heavy atom. The highest BCUT2D eigenvalue weighted by atomic mass is 35.5. The zero-order valence-corrected chi connectivity index (χ0v) is 28.3. The van der Waals surface area contributed by atoms with Gasteiger partial charge >= 0.3 is 0 Å². The van der Waals surface area contributed by atoms with E-state index in [0.29, 0.717) is 93.5 Å². The molecule has 1 unspecified atom stereocenters. The molecule has 4 N–H and O–H groups in total. The highest BCUT2D eigenvalue weighted by Crippen LogP contribution is 2.41. The molecule has 0 saturated carbocycles. The van der Waals surface area contributed by atoms with E-state index in [9.17, 15) is 14.7 Å². The minimum Gasteiger partial charge on any atom is -0.481 e. The first-order valence-electron chi connectivity index (χ1n) is 15.6. The van der Waals surface area contributed by atoms with Crippen molar-refractivity contribution in [2.24, 2.45) is 7.05 Å². The molecule has 0 bridgehead atoms. The number of hydrogen-bond acceptors (Lipinski definition) is 9. The smallest absolute Gasteiger partial charge is 0.277 e. The van der Waals surface area contributed by atoms with Crippen LogP contribution in [0.3, 0.4) is 0 Å². The summed E-state index contributed by atoms with van der Waals surface area (Å²) >= 11 is 14.1. The minimum absolute atomic E-state index is 0.0876. The molecule has 250 valence electrons. The van der Waals surface area contributed by atoms with Gasteiger partial charge in [-0.3, -0.25) is 19.1 Å². The molecular formula is C34H36Cl2N8O4. The molecule has 2 atom stereocenters. The minimum atomic E-state index is -0.523. The van der Waals surface area contributed by atoms with Crippen LogP contribution in [-0.2, 0) is 24.9 Å². The third-order valence-corrected chi connectivity index (χ3v) is 9.10. The van der Waals surface area contributed by atoms with Crippen molar-refractivity contribution >= 4 is 34.6 Å². The molecule has 1 aliphatic heterocycles. The fourth-order valence-corrected chi connectivity index (χ4v) is 6.43. The van der Waals surface area contributed by atoms with Crippen LogP contribution in [0.5, 0.6) is 5.88 Å². The molecule has 12 nitrogen and oxygen atoms in total. The lowest BCUT2D eigenvalue weighted by atomic mass is 10.00. The van der Waals surface area contributed by atoms with Crippen molar-refractivity contribution in [2.75, 3.05) is 20.2 Å². The van der Waals surface area contributed by atoms with E-state index in [4.69, 9.17) is 32.9 Å². The topological polar surface area (TPSA) is 148 Å². The molecule has 48 heavy (non-hydrogen) atoms. The van der Waals surface area contributed by atoms with Gasteiger partial charge in [-0.25, -0.2) is 9.50 Å². The first-order valence-corrected chi connectivity index (χ1v) is 16.3. The van der Waals surface area contributed by atoms with Crippen LogP contribution in [0, 0.1) is 0 Å². The van der Waals surface area contributed by atoms with E-state index >= 15 is 0 Å². The van der Waals surface area contributed by atoms with Gasteiger partial charge in [0.2, 0.25) is 11.8 Å². The lowest BCUT2D eigenvalue weighted by molar-refractivity contribution is -0.119. The summed E-state index contributed by atoms with van der Waals surface area (Å²) < 4.78 is 8.63. The number of rotatable bonds is 12. The Hall–Kier alpha value is -4.33. The van der Waals surface area contributed by atoms with Gasteiger partial charge in [0.05, 0.1) is 41.2 Å². The van der Waals surface area contributed by atoms with Crippen LogP contribution in [0.25, 0.3) is 39.2 Å². The van der Waals surface area contributed by atoms with Crippen LogP contribution in [0.4, 0.5) is 0 Å². The second-order valence-electron chi connectivity index (χ2n) is 11.8. The van der Waals surface area contributed by atoms with Gasteiger partial charge < -0.3 is 25.8 Å². The average molecular weight is 692 g/mol. The number of nitrogens with zero attached hydrogens (tertiary/aromatic N) is 5. The van der Waals surface area contributed by atoms with Gasteiger partial charge in [0.15, 0.2) is 0 Å². The maximum absolute atomic E-state index is 13.2. The lowest BCUT2D eigenvalue weighted by Gasteiger charge is -2.15. The number of carbonyl (C=O) groups excluding carboxylic acids is 1. The Bertz CT molecular complexity index is 2040. The Morgan fingerprint density at radius 1 is 1.08 bits per heavy atom. The van der Waals surface area contributed by atoms with Crippen LogP contribution < -0.4 is 26.2 Å². The van der Waals surface area contributed by atoms with E-state index in [1.807, 2.05) is 30.3 Å². The fraction of sp³-hybridized carbons (Fsp3) is 0.324. The molecule has 1 saturated heterocycles. The quantitative estimate of drug-likeness (QED) is 0.153. The largest absolute Gasteiger partial charge is 0.481 e. The first-order chi connectivity index (χ1) is 23.1. The predicted molar refractivity (Wildman–Crippen MR) is 185 cm³/mol. The number of aliphatic hydroxyl groups is 1. The van der Waals surface area contributed by atoms with E-state index in [1.165, 1.54) is 9.08 Å². The molecule has 5 heterocycles. The Kier molecular flexibility index (Phi) is 10.1. The number of amides is 1. The molecule has 1 aliphatic rings. The van der Waals surface area contributed by atoms with Crippen molar-refractivity contribution in [2.45, 2.75) is 45.0 Å². The third-order valence-electron chi connectivity index (χ3n) is 8.31. The normalized spacial score (nSPS) is 15.2. The molecule has 5 aromatic rings. The van der Waals surface area contributed by atoms with Gasteiger partial charge in [-0.2, -0.15) is 5.10 Å². The predicted octanol–water partition coefficient (Wildman–Crippen LogP) is 3.98. The molecule has 14 heteroatoms. The number of halogens is 2. The van der Waals surface area contributed by atoms with E-state index in [1.54, 1.807) is 45.6 Å². The number of nitrogens with one attached hydrogen (secondary N) is 3. The molecule has 1 fully saturated rings. The number of pyridine rings is 2. The van der Waals surface area contributed by atoms with Gasteiger partial charge in [-0.1, -0.05) is 47.5 Å². The molecular weight excluding hydrogens is 655 g/mol. The molecule has 0 aliphatic carbocycles. The Labute approximate surface area is 287 Å². The van der Waals surface area contributed by atoms with Crippen molar-refractivity contribution in [1.29, 1.82) is 0 Å². The lowest BCUT2D eigenvalue weighted by Crippen LogP contribution is -2.35. The van der Waals surface area contributed by atoms with Crippen LogP contribution >= 0.6 is 23.2 Å². The van der Waals surface area contributed by atoms with Crippen molar-refractivity contribution in [3.63, 3.8) is 0 Å². The van der Waals surface area contributed by atoms with Gasteiger partial charge in [-0.15, -0.1) is 0 Å². The monoisotopic (exact) mass is 690 g/mol. The van der Waals surface area contributed by atoms with Crippen LogP contribution in [0.15, 0.2) is 59.7 Å². The van der Waals surface area contributed by atoms with Crippen molar-refractivity contribution in [3.8, 4) is 39.5 Å². The van der Waals surface area contributed by atoms with Gasteiger partial charge in [0, 0.05) is 79.4 Å². The van der Waals surface area contributed by atoms with Crippen LogP contribution in [-0.4, -0.2) is 67.5 Å². The summed E-state index contributed by atoms with van der Waals surface area (Å²) in [6.07, 6.45) is 4.24. The zero-order valence-electron chi connectivity index (χ0n) is 26.8. The molecule has 0 spiro atoms. The standard InChI is InChI=1S/C34H36Cl2N8O4/c1-19(45)14-37-17-28-42-44-18-21(13-27(44)34(47)43(28)2)32-31(36)24(11-12-39-32)23-5-4-6-25(30(23)35)26-9-7-20(33(41-26)48-3)15-38-16-22-8-10-29(46)40-22/h4-7,9,11-13,18-19,22,37-38,45H,8,10,14-17H2,1-3H3,(H,40,46)/t19?,22-/m1/s1. The summed E-state index contributed by atoms with van der Waals surface area (Å²) in [5.74, 6) is 1.08. The number of aliphatic hydroxyl groups excluding tert-OH is 1. The molecule has 1 aromatic carbocycles. The summed E-state index contributed by atoms with van der Waals surface area (Å²) in [5, 5.41) is 24.4. The Balaban J connectivity index is 1.28. The number of methoxy groups -OCH3 is 1. The fourth-order valence-electron chi connectivity index (χ4n) is 5.78. The first kappa shape index (κ1) is 33.6. The van der Waals surface area contributed by atoms with E-state index < -0.39 is 6.10 Å². The van der Waals surface area contributed by atoms with Gasteiger partial charge in [-0.05, 0) is 31.5 Å². The third kappa shape index (κ3) is 6.94. The number of benzene rings is 1. The molecule has 1 amide bonds. The van der Waals surface area contributed by atoms with Crippen molar-refractivity contribution < 1.29 is 14.6 Å². The number of hydrogen-bond donors (Lipinski definition) is 4. The van der Waals surface area contributed by atoms with E-state index in [0.717, 1.165) is 12.0 Å². The summed E-state index contributed by atoms with van der Waals surface area (Å²) in [6.45, 7) is 3.56. The number of ether oxygens (including phenoxy) is 1. The van der Waals surface area contributed by atoms with E-state index in [2.05, 4.69) is 26.0 Å². The average Bonchev–Trinajstić information content (AvgIpc) is 3.69. The molecule has 0 radical (unpaired) electrons.